The summed E-state index contributed by atoms with van der Waals surface area (Å²) in [6.07, 6.45) is -4.59. The number of sulfonamides is 1. The number of hydrogen-bond donors (Lipinski definition) is 2. The molecule has 0 saturated carbocycles. The van der Waals surface area contributed by atoms with Gasteiger partial charge in [0.25, 0.3) is 0 Å². The van der Waals surface area contributed by atoms with Crippen LogP contribution in [0.1, 0.15) is 26.7 Å². The zero-order valence-corrected chi connectivity index (χ0v) is 11.3. The number of piperidine rings is 1. The van der Waals surface area contributed by atoms with Crippen molar-refractivity contribution in [3.63, 3.8) is 0 Å². The van der Waals surface area contributed by atoms with Crippen molar-refractivity contribution in [3.05, 3.63) is 0 Å². The van der Waals surface area contributed by atoms with Crippen molar-refractivity contribution in [1.82, 2.24) is 10.0 Å². The molecule has 0 atom stereocenters. The van der Waals surface area contributed by atoms with Gasteiger partial charge in [-0.1, -0.05) is 0 Å². The first-order chi connectivity index (χ1) is 8.11. The van der Waals surface area contributed by atoms with Gasteiger partial charge in [-0.15, -0.1) is 0 Å². The second-order valence-electron chi connectivity index (χ2n) is 4.94. The summed E-state index contributed by atoms with van der Waals surface area (Å²) in [5, 5.41) is 2.12. The summed E-state index contributed by atoms with van der Waals surface area (Å²) >= 11 is 0. The minimum atomic E-state index is -4.39. The standard InChI is InChI=1S/C10H19F3N2O2S/c1-8(2)18(16,17)15-7-9(10(11,12)13)3-5-14-6-4-9/h8,14-15H,3-7H2,1-2H3. The van der Waals surface area contributed by atoms with Crippen LogP contribution in [0.3, 0.4) is 0 Å². The largest absolute Gasteiger partial charge is 0.395 e. The first kappa shape index (κ1) is 15.7. The Morgan fingerprint density at radius 3 is 2.17 bits per heavy atom. The molecule has 1 aliphatic heterocycles. The molecule has 4 nitrogen and oxygen atoms in total. The Hall–Kier alpha value is -0.340. The average Bonchev–Trinajstić information content (AvgIpc) is 2.26. The predicted octanol–water partition coefficient (Wildman–Crippen LogP) is 1.25. The van der Waals surface area contributed by atoms with Gasteiger partial charge < -0.3 is 5.32 Å². The molecular formula is C10H19F3N2O2S. The quantitative estimate of drug-likeness (QED) is 0.818. The molecule has 0 amide bonds. The van der Waals surface area contributed by atoms with Crippen LogP contribution >= 0.6 is 0 Å². The van der Waals surface area contributed by atoms with Crippen LogP contribution in [0.15, 0.2) is 0 Å². The van der Waals surface area contributed by atoms with Gasteiger partial charge in [0.05, 0.1) is 10.7 Å². The van der Waals surface area contributed by atoms with E-state index in [-0.39, 0.29) is 25.9 Å². The smallest absolute Gasteiger partial charge is 0.317 e. The van der Waals surface area contributed by atoms with Crippen molar-refractivity contribution in [1.29, 1.82) is 0 Å². The second kappa shape index (κ2) is 5.34. The molecule has 0 radical (unpaired) electrons. The van der Waals surface area contributed by atoms with E-state index in [2.05, 4.69) is 10.0 Å². The highest BCUT2D eigenvalue weighted by Crippen LogP contribution is 2.44. The molecule has 0 unspecified atom stereocenters. The summed E-state index contributed by atoms with van der Waals surface area (Å²) in [7, 11) is -3.67. The van der Waals surface area contributed by atoms with Gasteiger partial charge in [-0.25, -0.2) is 13.1 Å². The molecule has 0 aromatic heterocycles. The van der Waals surface area contributed by atoms with E-state index in [1.807, 2.05) is 0 Å². The molecule has 0 aromatic carbocycles. The van der Waals surface area contributed by atoms with E-state index >= 15 is 0 Å². The Labute approximate surface area is 105 Å². The lowest BCUT2D eigenvalue weighted by atomic mass is 9.78. The highest BCUT2D eigenvalue weighted by atomic mass is 32.2. The molecule has 18 heavy (non-hydrogen) atoms. The molecule has 1 aliphatic rings. The minimum absolute atomic E-state index is 0.100. The number of alkyl halides is 3. The van der Waals surface area contributed by atoms with Gasteiger partial charge in [0.1, 0.15) is 0 Å². The maximum atomic E-state index is 13.1. The molecule has 0 spiro atoms. The Balaban J connectivity index is 2.81. The number of rotatable bonds is 4. The fourth-order valence-corrected chi connectivity index (χ4v) is 2.68. The van der Waals surface area contributed by atoms with Crippen molar-refractivity contribution >= 4 is 10.0 Å². The molecule has 8 heteroatoms. The highest BCUT2D eigenvalue weighted by molar-refractivity contribution is 7.90. The second-order valence-corrected chi connectivity index (χ2v) is 7.26. The molecule has 0 aliphatic carbocycles. The lowest BCUT2D eigenvalue weighted by molar-refractivity contribution is -0.229. The van der Waals surface area contributed by atoms with E-state index in [1.165, 1.54) is 13.8 Å². The Morgan fingerprint density at radius 1 is 1.28 bits per heavy atom. The topological polar surface area (TPSA) is 58.2 Å². The molecule has 1 fully saturated rings. The molecule has 1 heterocycles. The summed E-state index contributed by atoms with van der Waals surface area (Å²) < 4.78 is 64.5. The van der Waals surface area contributed by atoms with E-state index in [0.29, 0.717) is 0 Å². The van der Waals surface area contributed by atoms with E-state index < -0.39 is 33.4 Å². The lowest BCUT2D eigenvalue weighted by Crippen LogP contribution is -2.53. The van der Waals surface area contributed by atoms with Crippen molar-refractivity contribution in [2.75, 3.05) is 19.6 Å². The fourth-order valence-electron chi connectivity index (χ4n) is 1.87. The van der Waals surface area contributed by atoms with Gasteiger partial charge in [-0.05, 0) is 39.8 Å². The fraction of sp³-hybridized carbons (Fsp3) is 1.00. The van der Waals surface area contributed by atoms with Crippen LogP contribution in [0.4, 0.5) is 13.2 Å². The maximum Gasteiger partial charge on any atom is 0.395 e. The number of hydrogen-bond acceptors (Lipinski definition) is 3. The summed E-state index contributed by atoms with van der Waals surface area (Å²) in [6, 6.07) is 0. The SMILES string of the molecule is CC(C)S(=O)(=O)NCC1(C(F)(F)F)CCNCC1. The predicted molar refractivity (Wildman–Crippen MR) is 62.7 cm³/mol. The first-order valence-corrected chi connectivity index (χ1v) is 7.41. The van der Waals surface area contributed by atoms with E-state index in [1.54, 1.807) is 0 Å². The molecule has 1 rings (SSSR count). The lowest BCUT2D eigenvalue weighted by Gasteiger charge is -2.39. The summed E-state index contributed by atoms with van der Waals surface area (Å²) in [4.78, 5) is 0. The van der Waals surface area contributed by atoms with Gasteiger partial charge in [-0.2, -0.15) is 13.2 Å². The molecule has 108 valence electrons. The molecule has 0 bridgehead atoms. The normalized spacial score (nSPS) is 21.2. The van der Waals surface area contributed by atoms with Crippen LogP contribution in [0, 0.1) is 5.41 Å². The molecule has 2 N–H and O–H groups in total. The summed E-state index contributed by atoms with van der Waals surface area (Å²) in [6.45, 7) is 2.81. The third-order valence-electron chi connectivity index (χ3n) is 3.39. The van der Waals surface area contributed by atoms with Crippen LogP contribution < -0.4 is 10.0 Å². The first-order valence-electron chi connectivity index (χ1n) is 5.87. The highest BCUT2D eigenvalue weighted by Gasteiger charge is 2.54. The third-order valence-corrected chi connectivity index (χ3v) is 5.18. The zero-order valence-electron chi connectivity index (χ0n) is 10.5. The van der Waals surface area contributed by atoms with Gasteiger partial charge in [0, 0.05) is 6.54 Å². The Morgan fingerprint density at radius 2 is 1.78 bits per heavy atom. The van der Waals surface area contributed by atoms with Crippen molar-refractivity contribution in [2.24, 2.45) is 5.41 Å². The van der Waals surface area contributed by atoms with Crippen molar-refractivity contribution < 1.29 is 21.6 Å². The maximum absolute atomic E-state index is 13.1. The summed E-state index contributed by atoms with van der Waals surface area (Å²) in [5.41, 5.74) is -1.94. The van der Waals surface area contributed by atoms with Gasteiger partial charge in [0.2, 0.25) is 10.0 Å². The molecule has 1 saturated heterocycles. The summed E-state index contributed by atoms with van der Waals surface area (Å²) in [5.74, 6) is 0. The van der Waals surface area contributed by atoms with Crippen LogP contribution in [0.5, 0.6) is 0 Å². The zero-order chi connectivity index (χ0) is 14.0. The van der Waals surface area contributed by atoms with Gasteiger partial charge in [-0.3, -0.25) is 0 Å². The molecular weight excluding hydrogens is 269 g/mol. The van der Waals surface area contributed by atoms with E-state index in [4.69, 9.17) is 0 Å². The van der Waals surface area contributed by atoms with E-state index in [0.717, 1.165) is 0 Å². The van der Waals surface area contributed by atoms with Gasteiger partial charge >= 0.3 is 6.18 Å². The molecule has 0 aromatic rings. The Bertz CT molecular complexity index is 373. The third kappa shape index (κ3) is 3.36. The van der Waals surface area contributed by atoms with Crippen LogP contribution in [0.2, 0.25) is 0 Å². The minimum Gasteiger partial charge on any atom is -0.317 e. The Kier molecular flexibility index (Phi) is 4.66. The van der Waals surface area contributed by atoms with Crippen LogP contribution in [0.25, 0.3) is 0 Å². The van der Waals surface area contributed by atoms with E-state index in [9.17, 15) is 21.6 Å². The van der Waals surface area contributed by atoms with Crippen LogP contribution in [-0.4, -0.2) is 39.5 Å². The van der Waals surface area contributed by atoms with Crippen molar-refractivity contribution in [3.8, 4) is 0 Å². The number of nitrogens with one attached hydrogen (secondary N) is 2. The van der Waals surface area contributed by atoms with Crippen LogP contribution in [-0.2, 0) is 10.0 Å². The van der Waals surface area contributed by atoms with Crippen molar-refractivity contribution in [2.45, 2.75) is 38.1 Å². The van der Waals surface area contributed by atoms with Gasteiger partial charge in [0.15, 0.2) is 0 Å². The average molecular weight is 288 g/mol. The monoisotopic (exact) mass is 288 g/mol. The number of halogens is 3.